The van der Waals surface area contributed by atoms with Crippen molar-refractivity contribution in [2.24, 2.45) is 7.05 Å². The summed E-state index contributed by atoms with van der Waals surface area (Å²) in [5.41, 5.74) is 2.52. The van der Waals surface area contributed by atoms with Crippen LogP contribution in [0.5, 0.6) is 0 Å². The second kappa shape index (κ2) is 6.81. The molecular weight excluding hydrogens is 328 g/mol. The number of benzene rings is 1. The first kappa shape index (κ1) is 16.0. The Morgan fingerprint density at radius 1 is 1.28 bits per heavy atom. The SMILES string of the molecule is Cn1c(C(C#N)=Cc2cnc(C3CCCCC3)s2)nc2ccccc21. The highest BCUT2D eigenvalue weighted by Gasteiger charge is 2.19. The summed E-state index contributed by atoms with van der Waals surface area (Å²) in [6, 6.07) is 10.3. The molecule has 5 heteroatoms. The summed E-state index contributed by atoms with van der Waals surface area (Å²) in [6.07, 6.45) is 10.3. The average Bonchev–Trinajstić information content (AvgIpc) is 3.26. The summed E-state index contributed by atoms with van der Waals surface area (Å²) >= 11 is 1.71. The first-order valence-corrected chi connectivity index (χ1v) is 9.57. The van der Waals surface area contributed by atoms with Gasteiger partial charge < -0.3 is 4.57 Å². The molecule has 2 heterocycles. The standard InChI is InChI=1S/C20H20N4S/c1-24-18-10-6-5-9-17(18)23-19(24)15(12-21)11-16-13-22-20(25-16)14-7-3-2-4-8-14/h5-6,9-11,13-14H,2-4,7-8H2,1H3. The van der Waals surface area contributed by atoms with Crippen LogP contribution >= 0.6 is 11.3 Å². The maximum Gasteiger partial charge on any atom is 0.151 e. The topological polar surface area (TPSA) is 54.5 Å². The average molecular weight is 348 g/mol. The predicted octanol–water partition coefficient (Wildman–Crippen LogP) is 5.14. The van der Waals surface area contributed by atoms with Crippen molar-refractivity contribution >= 4 is 34.0 Å². The van der Waals surface area contributed by atoms with Crippen LogP contribution in [0.15, 0.2) is 30.5 Å². The molecule has 0 spiro atoms. The van der Waals surface area contributed by atoms with E-state index >= 15 is 0 Å². The molecule has 4 rings (SSSR count). The molecule has 0 amide bonds. The lowest BCUT2D eigenvalue weighted by Crippen LogP contribution is -2.03. The van der Waals surface area contributed by atoms with Gasteiger partial charge in [0.1, 0.15) is 6.07 Å². The Labute approximate surface area is 151 Å². The van der Waals surface area contributed by atoms with Crippen molar-refractivity contribution in [3.05, 3.63) is 46.2 Å². The maximum absolute atomic E-state index is 9.66. The van der Waals surface area contributed by atoms with Crippen molar-refractivity contribution in [3.8, 4) is 6.07 Å². The van der Waals surface area contributed by atoms with Gasteiger partial charge in [-0.05, 0) is 31.1 Å². The zero-order valence-electron chi connectivity index (χ0n) is 14.3. The van der Waals surface area contributed by atoms with Gasteiger partial charge in [0.15, 0.2) is 5.82 Å². The molecule has 0 bridgehead atoms. The summed E-state index contributed by atoms with van der Waals surface area (Å²) in [6.45, 7) is 0. The second-order valence-corrected chi connectivity index (χ2v) is 7.68. The Kier molecular flexibility index (Phi) is 4.37. The number of nitrogens with zero attached hydrogens (tertiary/aromatic N) is 4. The Hall–Kier alpha value is -2.45. The Morgan fingerprint density at radius 3 is 2.84 bits per heavy atom. The molecule has 0 N–H and O–H groups in total. The van der Waals surface area contributed by atoms with Crippen molar-refractivity contribution < 1.29 is 0 Å². The first-order valence-electron chi connectivity index (χ1n) is 8.75. The van der Waals surface area contributed by atoms with Crippen LogP contribution < -0.4 is 0 Å². The number of hydrogen-bond acceptors (Lipinski definition) is 4. The van der Waals surface area contributed by atoms with Crippen LogP contribution in [-0.4, -0.2) is 14.5 Å². The molecule has 1 aliphatic carbocycles. The molecule has 1 aliphatic rings. The molecule has 0 aliphatic heterocycles. The molecule has 0 atom stereocenters. The Bertz CT molecular complexity index is 967. The Morgan fingerprint density at radius 2 is 2.08 bits per heavy atom. The third-order valence-electron chi connectivity index (χ3n) is 4.93. The van der Waals surface area contributed by atoms with Crippen LogP contribution in [-0.2, 0) is 7.05 Å². The van der Waals surface area contributed by atoms with Crippen LogP contribution in [0, 0.1) is 11.3 Å². The van der Waals surface area contributed by atoms with Gasteiger partial charge in [-0.2, -0.15) is 5.26 Å². The molecule has 126 valence electrons. The molecule has 0 saturated heterocycles. The Balaban J connectivity index is 1.67. The largest absolute Gasteiger partial charge is 0.327 e. The van der Waals surface area contributed by atoms with E-state index in [2.05, 4.69) is 16.0 Å². The summed E-state index contributed by atoms with van der Waals surface area (Å²) in [5, 5.41) is 10.9. The highest BCUT2D eigenvalue weighted by atomic mass is 32.1. The van der Waals surface area contributed by atoms with E-state index < -0.39 is 0 Å². The number of allylic oxidation sites excluding steroid dienone is 1. The molecule has 25 heavy (non-hydrogen) atoms. The van der Waals surface area contributed by atoms with Crippen LogP contribution in [0.2, 0.25) is 0 Å². The molecule has 4 nitrogen and oxygen atoms in total. The van der Waals surface area contributed by atoms with E-state index in [0.29, 0.717) is 17.3 Å². The number of aryl methyl sites for hydroxylation is 1. The minimum atomic E-state index is 0.581. The first-order chi connectivity index (χ1) is 12.3. The van der Waals surface area contributed by atoms with Crippen LogP contribution in [0.1, 0.15) is 53.7 Å². The smallest absolute Gasteiger partial charge is 0.151 e. The highest BCUT2D eigenvalue weighted by Crippen LogP contribution is 2.35. The summed E-state index contributed by atoms with van der Waals surface area (Å²) in [5.74, 6) is 1.30. The van der Waals surface area contributed by atoms with Crippen LogP contribution in [0.4, 0.5) is 0 Å². The van der Waals surface area contributed by atoms with E-state index in [9.17, 15) is 5.26 Å². The summed E-state index contributed by atoms with van der Waals surface area (Å²) in [4.78, 5) is 10.3. The number of imidazole rings is 1. The van der Waals surface area contributed by atoms with E-state index in [1.54, 1.807) is 11.3 Å². The fourth-order valence-corrected chi connectivity index (χ4v) is 4.61. The number of hydrogen-bond donors (Lipinski definition) is 0. The monoisotopic (exact) mass is 348 g/mol. The third-order valence-corrected chi connectivity index (χ3v) is 6.04. The van der Waals surface area contributed by atoms with Crippen molar-refractivity contribution in [3.63, 3.8) is 0 Å². The van der Waals surface area contributed by atoms with Crippen molar-refractivity contribution in [2.75, 3.05) is 0 Å². The van der Waals surface area contributed by atoms with Gasteiger partial charge in [0.25, 0.3) is 0 Å². The molecular formula is C20H20N4S. The van der Waals surface area contributed by atoms with Gasteiger partial charge in [0.05, 0.1) is 21.6 Å². The number of fused-ring (bicyclic) bond motifs is 1. The molecule has 0 radical (unpaired) electrons. The number of rotatable bonds is 3. The fraction of sp³-hybridized carbons (Fsp3) is 0.350. The van der Waals surface area contributed by atoms with Gasteiger partial charge in [-0.1, -0.05) is 31.4 Å². The number of aromatic nitrogens is 3. The second-order valence-electron chi connectivity index (χ2n) is 6.59. The van der Waals surface area contributed by atoms with Crippen molar-refractivity contribution in [2.45, 2.75) is 38.0 Å². The molecule has 2 aromatic heterocycles. The van der Waals surface area contributed by atoms with Gasteiger partial charge in [-0.25, -0.2) is 9.97 Å². The van der Waals surface area contributed by atoms with E-state index in [1.807, 2.05) is 48.2 Å². The lowest BCUT2D eigenvalue weighted by atomic mass is 9.90. The zero-order chi connectivity index (χ0) is 17.2. The van der Waals surface area contributed by atoms with Crippen LogP contribution in [0.3, 0.4) is 0 Å². The summed E-state index contributed by atoms with van der Waals surface area (Å²) in [7, 11) is 1.95. The normalized spacial score (nSPS) is 16.2. The molecule has 1 saturated carbocycles. The van der Waals surface area contributed by atoms with E-state index in [1.165, 1.54) is 37.1 Å². The van der Waals surface area contributed by atoms with Crippen LogP contribution in [0.25, 0.3) is 22.7 Å². The van der Waals surface area contributed by atoms with E-state index in [4.69, 9.17) is 0 Å². The van der Waals surface area contributed by atoms with Gasteiger partial charge in [0, 0.05) is 24.0 Å². The van der Waals surface area contributed by atoms with E-state index in [-0.39, 0.29) is 0 Å². The lowest BCUT2D eigenvalue weighted by Gasteiger charge is -2.18. The minimum absolute atomic E-state index is 0.581. The predicted molar refractivity (Wildman–Crippen MR) is 102 cm³/mol. The van der Waals surface area contributed by atoms with Gasteiger partial charge >= 0.3 is 0 Å². The minimum Gasteiger partial charge on any atom is -0.327 e. The quantitative estimate of drug-likeness (QED) is 0.616. The molecule has 1 aromatic carbocycles. The number of nitriles is 1. The number of thiazole rings is 1. The van der Waals surface area contributed by atoms with Crippen molar-refractivity contribution in [1.29, 1.82) is 5.26 Å². The highest BCUT2D eigenvalue weighted by molar-refractivity contribution is 7.12. The third kappa shape index (κ3) is 3.10. The lowest BCUT2D eigenvalue weighted by molar-refractivity contribution is 0.442. The van der Waals surface area contributed by atoms with Gasteiger partial charge in [-0.3, -0.25) is 0 Å². The summed E-state index contributed by atoms with van der Waals surface area (Å²) < 4.78 is 1.98. The molecule has 3 aromatic rings. The zero-order valence-corrected chi connectivity index (χ0v) is 15.1. The van der Waals surface area contributed by atoms with Gasteiger partial charge in [0.2, 0.25) is 0 Å². The fourth-order valence-electron chi connectivity index (χ4n) is 3.58. The number of para-hydroxylation sites is 2. The van der Waals surface area contributed by atoms with E-state index in [0.717, 1.165) is 15.9 Å². The molecule has 1 fully saturated rings. The maximum atomic E-state index is 9.66. The molecule has 0 unspecified atom stereocenters. The van der Waals surface area contributed by atoms with Crippen molar-refractivity contribution in [1.82, 2.24) is 14.5 Å². The van der Waals surface area contributed by atoms with Gasteiger partial charge in [-0.15, -0.1) is 11.3 Å².